The molecule has 15 heteroatoms. The first-order valence-corrected chi connectivity index (χ1v) is 9.65. The van der Waals surface area contributed by atoms with E-state index in [0.717, 1.165) is 12.1 Å². The third kappa shape index (κ3) is 5.43. The van der Waals surface area contributed by atoms with Crippen molar-refractivity contribution >= 4 is 0 Å². The predicted octanol–water partition coefficient (Wildman–Crippen LogP) is 7.71. The molecule has 0 aliphatic heterocycles. The molecule has 0 saturated carbocycles. The molecule has 0 amide bonds. The fraction of sp³-hybridized carbons (Fsp3) is 0.700. The van der Waals surface area contributed by atoms with E-state index in [1.54, 1.807) is 13.8 Å². The Kier molecular flexibility index (Phi) is 8.45. The second kappa shape index (κ2) is 9.51. The summed E-state index contributed by atoms with van der Waals surface area (Å²) >= 11 is 0. The van der Waals surface area contributed by atoms with Gasteiger partial charge in [-0.2, -0.15) is 57.1 Å². The molecule has 0 spiro atoms. The van der Waals surface area contributed by atoms with Crippen molar-refractivity contribution in [2.75, 3.05) is 13.7 Å². The number of hydrogen-bond donors (Lipinski definition) is 0. The summed E-state index contributed by atoms with van der Waals surface area (Å²) in [6.45, 7) is 4.25. The standard InChI is InChI=1S/C20H21F13O2/c1-11(2)9-35-13-7-5-6-12(8-13)14(3,34-4)10-15(21,22)16(23,24)17(25,26)18(27,28)19(29,30)20(31,32)33/h5-8,11H,9-10H2,1-4H3. The first-order chi connectivity index (χ1) is 15.4. The van der Waals surface area contributed by atoms with Crippen LogP contribution in [0.15, 0.2) is 24.3 Å². The van der Waals surface area contributed by atoms with Crippen molar-refractivity contribution < 1.29 is 66.5 Å². The van der Waals surface area contributed by atoms with Crippen molar-refractivity contribution in [2.24, 2.45) is 5.92 Å². The monoisotopic (exact) mass is 540 g/mol. The van der Waals surface area contributed by atoms with Crippen LogP contribution >= 0.6 is 0 Å². The van der Waals surface area contributed by atoms with Gasteiger partial charge in [0.2, 0.25) is 0 Å². The van der Waals surface area contributed by atoms with Gasteiger partial charge in [0.25, 0.3) is 0 Å². The molecule has 1 rings (SSSR count). The lowest BCUT2D eigenvalue weighted by Gasteiger charge is -2.42. The maximum Gasteiger partial charge on any atom is 0.460 e. The molecule has 1 aromatic rings. The van der Waals surface area contributed by atoms with E-state index in [1.807, 2.05) is 0 Å². The lowest BCUT2D eigenvalue weighted by molar-refractivity contribution is -0.441. The van der Waals surface area contributed by atoms with Gasteiger partial charge in [-0.05, 0) is 30.5 Å². The van der Waals surface area contributed by atoms with Crippen molar-refractivity contribution in [3.63, 3.8) is 0 Å². The van der Waals surface area contributed by atoms with Gasteiger partial charge in [0.15, 0.2) is 0 Å². The highest BCUT2D eigenvalue weighted by Gasteiger charge is 2.90. The van der Waals surface area contributed by atoms with Crippen LogP contribution in [0.1, 0.15) is 32.8 Å². The van der Waals surface area contributed by atoms with Crippen LogP contribution in [-0.4, -0.2) is 49.5 Å². The fourth-order valence-electron chi connectivity index (χ4n) is 2.81. The lowest BCUT2D eigenvalue weighted by Crippen LogP contribution is -2.70. The van der Waals surface area contributed by atoms with Crippen molar-refractivity contribution in [3.8, 4) is 5.75 Å². The van der Waals surface area contributed by atoms with Crippen LogP contribution in [0.3, 0.4) is 0 Å². The first kappa shape index (κ1) is 31.1. The molecule has 0 radical (unpaired) electrons. The summed E-state index contributed by atoms with van der Waals surface area (Å²) in [6, 6.07) is 4.48. The van der Waals surface area contributed by atoms with E-state index >= 15 is 0 Å². The first-order valence-electron chi connectivity index (χ1n) is 9.65. The molecule has 2 nitrogen and oxygen atoms in total. The molecule has 0 N–H and O–H groups in total. The summed E-state index contributed by atoms with van der Waals surface area (Å²) < 4.78 is 184. The van der Waals surface area contributed by atoms with Crippen LogP contribution in [0, 0.1) is 5.92 Å². The van der Waals surface area contributed by atoms with Gasteiger partial charge in [0.1, 0.15) is 5.75 Å². The maximum absolute atomic E-state index is 14.4. The minimum atomic E-state index is -7.95. The summed E-state index contributed by atoms with van der Waals surface area (Å²) in [5.74, 6) is -37.2. The van der Waals surface area contributed by atoms with E-state index in [2.05, 4.69) is 0 Å². The van der Waals surface area contributed by atoms with Gasteiger partial charge in [0, 0.05) is 7.11 Å². The van der Waals surface area contributed by atoms with E-state index < -0.39 is 53.4 Å². The molecule has 1 atom stereocenters. The summed E-state index contributed by atoms with van der Waals surface area (Å²) in [5, 5.41) is 0. The van der Waals surface area contributed by atoms with Gasteiger partial charge in [0.05, 0.1) is 18.6 Å². The summed E-state index contributed by atoms with van der Waals surface area (Å²) in [4.78, 5) is 0. The van der Waals surface area contributed by atoms with Crippen molar-refractivity contribution in [1.29, 1.82) is 0 Å². The largest absolute Gasteiger partial charge is 0.493 e. The van der Waals surface area contributed by atoms with Crippen LogP contribution in [0.5, 0.6) is 5.75 Å². The number of rotatable bonds is 11. The van der Waals surface area contributed by atoms with Gasteiger partial charge in [-0.3, -0.25) is 0 Å². The van der Waals surface area contributed by atoms with Gasteiger partial charge >= 0.3 is 35.8 Å². The van der Waals surface area contributed by atoms with Crippen LogP contribution in [0.25, 0.3) is 0 Å². The quantitative estimate of drug-likeness (QED) is 0.268. The Labute approximate surface area is 191 Å². The number of ether oxygens (including phenoxy) is 2. The normalized spacial score (nSPS) is 16.4. The van der Waals surface area contributed by atoms with E-state index in [1.165, 1.54) is 12.1 Å². The molecule has 0 heterocycles. The minimum Gasteiger partial charge on any atom is -0.493 e. The molecule has 1 unspecified atom stereocenters. The smallest absolute Gasteiger partial charge is 0.460 e. The molecule has 0 aliphatic rings. The molecule has 0 aromatic heterocycles. The number of alkyl halides is 13. The lowest BCUT2D eigenvalue weighted by atomic mass is 9.84. The average molecular weight is 540 g/mol. The predicted molar refractivity (Wildman–Crippen MR) is 96.5 cm³/mol. The Morgan fingerprint density at radius 1 is 0.743 bits per heavy atom. The highest BCUT2D eigenvalue weighted by Crippen LogP contribution is 2.61. The van der Waals surface area contributed by atoms with Crippen LogP contribution < -0.4 is 4.74 Å². The van der Waals surface area contributed by atoms with Crippen molar-refractivity contribution in [2.45, 2.75) is 68.6 Å². The highest BCUT2D eigenvalue weighted by atomic mass is 19.4. The summed E-state index contributed by atoms with van der Waals surface area (Å²) in [7, 11) is 0.667. The van der Waals surface area contributed by atoms with E-state index in [-0.39, 0.29) is 18.3 Å². The number of methoxy groups -OCH3 is 1. The summed E-state index contributed by atoms with van der Waals surface area (Å²) in [5.41, 5.74) is -3.03. The van der Waals surface area contributed by atoms with Gasteiger partial charge in [-0.1, -0.05) is 26.0 Å². The molecule has 0 fully saturated rings. The minimum absolute atomic E-state index is 0.00349. The van der Waals surface area contributed by atoms with E-state index in [0.29, 0.717) is 14.0 Å². The number of benzene rings is 1. The highest BCUT2D eigenvalue weighted by molar-refractivity contribution is 5.33. The molecule has 1 aromatic carbocycles. The SMILES string of the molecule is COC(C)(CC(F)(F)C(F)(F)C(F)(F)C(F)(F)C(F)(F)C(F)(F)F)c1cccc(OCC(C)C)c1. The van der Waals surface area contributed by atoms with Crippen LogP contribution in [0.4, 0.5) is 57.1 Å². The maximum atomic E-state index is 14.4. The van der Waals surface area contributed by atoms with Gasteiger partial charge < -0.3 is 9.47 Å². The Hall–Kier alpha value is -1.93. The Bertz CT molecular complexity index is 865. The van der Waals surface area contributed by atoms with Gasteiger partial charge in [-0.15, -0.1) is 0 Å². The molecule has 0 saturated heterocycles. The van der Waals surface area contributed by atoms with Gasteiger partial charge in [-0.25, -0.2) is 0 Å². The zero-order valence-corrected chi connectivity index (χ0v) is 18.5. The Morgan fingerprint density at radius 3 is 1.66 bits per heavy atom. The molecule has 204 valence electrons. The molecule has 0 aliphatic carbocycles. The van der Waals surface area contributed by atoms with Crippen molar-refractivity contribution in [1.82, 2.24) is 0 Å². The topological polar surface area (TPSA) is 18.5 Å². The third-order valence-electron chi connectivity index (χ3n) is 5.04. The van der Waals surface area contributed by atoms with E-state index in [4.69, 9.17) is 9.47 Å². The van der Waals surface area contributed by atoms with E-state index in [9.17, 15) is 57.1 Å². The van der Waals surface area contributed by atoms with Crippen molar-refractivity contribution in [3.05, 3.63) is 29.8 Å². The molecule has 0 bridgehead atoms. The Balaban J connectivity index is 3.46. The fourth-order valence-corrected chi connectivity index (χ4v) is 2.81. The Morgan fingerprint density at radius 2 is 1.23 bits per heavy atom. The zero-order valence-electron chi connectivity index (χ0n) is 18.5. The zero-order chi connectivity index (χ0) is 27.9. The van der Waals surface area contributed by atoms with Crippen LogP contribution in [-0.2, 0) is 10.3 Å². The third-order valence-corrected chi connectivity index (χ3v) is 5.04. The summed E-state index contributed by atoms with van der Waals surface area (Å²) in [6.07, 6.45) is -9.97. The number of halogens is 13. The number of hydrogen-bond acceptors (Lipinski definition) is 2. The molecule has 35 heavy (non-hydrogen) atoms. The average Bonchev–Trinajstić information content (AvgIpc) is 2.70. The van der Waals surface area contributed by atoms with Crippen LogP contribution in [0.2, 0.25) is 0 Å². The molecular weight excluding hydrogens is 519 g/mol. The second-order valence-electron chi connectivity index (χ2n) is 8.34. The molecular formula is C20H21F13O2. The second-order valence-corrected chi connectivity index (χ2v) is 8.34.